The van der Waals surface area contributed by atoms with E-state index in [-0.39, 0.29) is 41.8 Å². The number of carbonyl (C=O) groups excluding carboxylic acids is 1. The molecule has 0 bridgehead atoms. The minimum Gasteiger partial charge on any atom is -0.337 e. The summed E-state index contributed by atoms with van der Waals surface area (Å²) in [5, 5.41) is 0. The molecular formula is C17H16F2N2O5S2. The quantitative estimate of drug-likeness (QED) is 0.795. The Bertz CT molecular complexity index is 1100. The smallest absolute Gasteiger partial charge is 0.261 e. The molecule has 0 saturated carbocycles. The molecular weight excluding hydrogens is 414 g/mol. The van der Waals surface area contributed by atoms with Gasteiger partial charge < -0.3 is 4.90 Å². The molecule has 0 spiro atoms. The van der Waals surface area contributed by atoms with Crippen LogP contribution in [0.5, 0.6) is 0 Å². The highest BCUT2D eigenvalue weighted by atomic mass is 32.2. The Labute approximate surface area is 160 Å². The number of sulfonamides is 1. The van der Waals surface area contributed by atoms with E-state index in [2.05, 4.69) is 4.72 Å². The van der Waals surface area contributed by atoms with E-state index < -0.39 is 36.4 Å². The molecule has 0 radical (unpaired) electrons. The molecule has 1 saturated heterocycles. The van der Waals surface area contributed by atoms with Gasteiger partial charge in [0.25, 0.3) is 15.9 Å². The maximum atomic E-state index is 13.3. The summed E-state index contributed by atoms with van der Waals surface area (Å²) >= 11 is 0. The Morgan fingerprint density at radius 3 is 2.14 bits per heavy atom. The summed E-state index contributed by atoms with van der Waals surface area (Å²) in [5.41, 5.74) is 0.401. The molecule has 0 aromatic heterocycles. The van der Waals surface area contributed by atoms with Crippen LogP contribution >= 0.6 is 0 Å². The van der Waals surface area contributed by atoms with Crippen molar-refractivity contribution in [2.75, 3.05) is 29.3 Å². The van der Waals surface area contributed by atoms with Crippen LogP contribution in [0.4, 0.5) is 14.5 Å². The highest BCUT2D eigenvalue weighted by Crippen LogP contribution is 2.19. The van der Waals surface area contributed by atoms with Crippen LogP contribution in [0, 0.1) is 11.6 Å². The number of carbonyl (C=O) groups is 1. The predicted octanol–water partition coefficient (Wildman–Crippen LogP) is 1.64. The van der Waals surface area contributed by atoms with E-state index in [1.54, 1.807) is 0 Å². The highest BCUT2D eigenvalue weighted by Gasteiger charge is 2.25. The molecule has 1 fully saturated rings. The van der Waals surface area contributed by atoms with Gasteiger partial charge in [-0.05, 0) is 42.5 Å². The molecule has 1 amide bonds. The Morgan fingerprint density at radius 1 is 0.964 bits per heavy atom. The molecule has 7 nitrogen and oxygen atoms in total. The first-order valence-electron chi connectivity index (χ1n) is 8.15. The van der Waals surface area contributed by atoms with Crippen molar-refractivity contribution in [3.8, 4) is 0 Å². The second-order valence-corrected chi connectivity index (χ2v) is 10.2. The van der Waals surface area contributed by atoms with Crippen LogP contribution in [-0.4, -0.2) is 52.2 Å². The third-order valence-electron chi connectivity index (χ3n) is 4.22. The van der Waals surface area contributed by atoms with Crippen molar-refractivity contribution >= 4 is 31.5 Å². The zero-order chi connectivity index (χ0) is 20.5. The first-order chi connectivity index (χ1) is 13.1. The van der Waals surface area contributed by atoms with Gasteiger partial charge in [-0.3, -0.25) is 9.52 Å². The average molecular weight is 430 g/mol. The molecule has 1 N–H and O–H groups in total. The maximum absolute atomic E-state index is 13.3. The summed E-state index contributed by atoms with van der Waals surface area (Å²) in [6, 6.07) is 7.72. The molecule has 28 heavy (non-hydrogen) atoms. The number of hydrogen-bond acceptors (Lipinski definition) is 5. The molecule has 3 rings (SSSR count). The Hall–Kier alpha value is -2.53. The summed E-state index contributed by atoms with van der Waals surface area (Å²) in [5.74, 6) is -2.99. The Morgan fingerprint density at radius 2 is 1.57 bits per heavy atom. The lowest BCUT2D eigenvalue weighted by Crippen LogP contribution is -2.43. The van der Waals surface area contributed by atoms with Gasteiger partial charge in [0.05, 0.1) is 16.4 Å². The molecule has 1 aliphatic heterocycles. The lowest BCUT2D eigenvalue weighted by molar-refractivity contribution is 0.0770. The van der Waals surface area contributed by atoms with Crippen molar-refractivity contribution in [1.82, 2.24) is 4.90 Å². The van der Waals surface area contributed by atoms with Crippen LogP contribution in [-0.2, 0) is 19.9 Å². The lowest BCUT2D eigenvalue weighted by Gasteiger charge is -2.26. The van der Waals surface area contributed by atoms with E-state index >= 15 is 0 Å². The number of sulfone groups is 1. The fraction of sp³-hybridized carbons (Fsp3) is 0.235. The Kier molecular flexibility index (Phi) is 5.39. The zero-order valence-corrected chi connectivity index (χ0v) is 16.1. The third-order valence-corrected chi connectivity index (χ3v) is 7.21. The van der Waals surface area contributed by atoms with Gasteiger partial charge in [-0.2, -0.15) is 0 Å². The monoisotopic (exact) mass is 430 g/mol. The highest BCUT2D eigenvalue weighted by molar-refractivity contribution is 7.92. The normalized spacial score (nSPS) is 16.6. The minimum atomic E-state index is -4.14. The zero-order valence-electron chi connectivity index (χ0n) is 14.4. The first-order valence-corrected chi connectivity index (χ1v) is 11.5. The fourth-order valence-corrected chi connectivity index (χ4v) is 4.91. The van der Waals surface area contributed by atoms with Gasteiger partial charge in [-0.1, -0.05) is 0 Å². The number of halogens is 2. The second kappa shape index (κ2) is 7.47. The van der Waals surface area contributed by atoms with E-state index in [1.165, 1.54) is 29.2 Å². The van der Waals surface area contributed by atoms with E-state index in [4.69, 9.17) is 0 Å². The SMILES string of the molecule is O=C(c1ccc(NS(=O)(=O)c2ccc(F)c(F)c2)cc1)N1CCS(=O)(=O)CC1. The van der Waals surface area contributed by atoms with Crippen LogP contribution in [0.2, 0.25) is 0 Å². The lowest BCUT2D eigenvalue weighted by atomic mass is 10.2. The van der Waals surface area contributed by atoms with Gasteiger partial charge >= 0.3 is 0 Å². The molecule has 0 unspecified atom stereocenters. The molecule has 2 aromatic carbocycles. The van der Waals surface area contributed by atoms with Crippen molar-refractivity contribution in [2.45, 2.75) is 4.90 Å². The van der Waals surface area contributed by atoms with Crippen molar-refractivity contribution in [2.24, 2.45) is 0 Å². The maximum Gasteiger partial charge on any atom is 0.261 e. The minimum absolute atomic E-state index is 0.0924. The number of rotatable bonds is 4. The van der Waals surface area contributed by atoms with Gasteiger partial charge in [0.2, 0.25) is 0 Å². The van der Waals surface area contributed by atoms with Gasteiger partial charge in [0.15, 0.2) is 21.5 Å². The number of hydrogen-bond donors (Lipinski definition) is 1. The summed E-state index contributed by atoms with van der Waals surface area (Å²) < 4.78 is 75.9. The number of amides is 1. The first kappa shape index (κ1) is 20.2. The van der Waals surface area contributed by atoms with Crippen molar-refractivity contribution in [3.05, 3.63) is 59.7 Å². The summed E-state index contributed by atoms with van der Waals surface area (Å²) in [4.78, 5) is 13.4. The summed E-state index contributed by atoms with van der Waals surface area (Å²) in [6.45, 7) is 0.206. The van der Waals surface area contributed by atoms with Gasteiger partial charge in [0, 0.05) is 24.3 Å². The van der Waals surface area contributed by atoms with Crippen LogP contribution < -0.4 is 4.72 Å². The van der Waals surface area contributed by atoms with Crippen molar-refractivity contribution in [3.63, 3.8) is 0 Å². The number of nitrogens with one attached hydrogen (secondary N) is 1. The summed E-state index contributed by atoms with van der Waals surface area (Å²) in [7, 11) is -7.25. The largest absolute Gasteiger partial charge is 0.337 e. The van der Waals surface area contributed by atoms with Gasteiger partial charge in [0.1, 0.15) is 0 Å². The number of anilines is 1. The van der Waals surface area contributed by atoms with Gasteiger partial charge in [-0.25, -0.2) is 25.6 Å². The molecule has 0 aliphatic carbocycles. The van der Waals surface area contributed by atoms with Crippen LogP contribution in [0.1, 0.15) is 10.4 Å². The molecule has 1 aliphatic rings. The topological polar surface area (TPSA) is 101 Å². The van der Waals surface area contributed by atoms with E-state index in [0.29, 0.717) is 12.1 Å². The average Bonchev–Trinajstić information content (AvgIpc) is 2.63. The molecule has 11 heteroatoms. The van der Waals surface area contributed by atoms with Crippen LogP contribution in [0.25, 0.3) is 0 Å². The van der Waals surface area contributed by atoms with Crippen molar-refractivity contribution in [1.29, 1.82) is 0 Å². The van der Waals surface area contributed by atoms with E-state index in [0.717, 1.165) is 6.07 Å². The predicted molar refractivity (Wildman–Crippen MR) is 98.2 cm³/mol. The fourth-order valence-electron chi connectivity index (χ4n) is 2.64. The van der Waals surface area contributed by atoms with Crippen molar-refractivity contribution < 1.29 is 30.4 Å². The molecule has 2 aromatic rings. The third kappa shape index (κ3) is 4.47. The number of benzene rings is 2. The molecule has 0 atom stereocenters. The molecule has 150 valence electrons. The number of nitrogens with zero attached hydrogens (tertiary/aromatic N) is 1. The second-order valence-electron chi connectivity index (χ2n) is 6.20. The van der Waals surface area contributed by atoms with Crippen LogP contribution in [0.3, 0.4) is 0 Å². The Balaban J connectivity index is 1.72. The van der Waals surface area contributed by atoms with E-state index in [1.807, 2.05) is 0 Å². The van der Waals surface area contributed by atoms with Gasteiger partial charge in [-0.15, -0.1) is 0 Å². The van der Waals surface area contributed by atoms with Crippen LogP contribution in [0.15, 0.2) is 47.4 Å². The summed E-state index contributed by atoms with van der Waals surface area (Å²) in [6.07, 6.45) is 0. The molecule has 1 heterocycles. The van der Waals surface area contributed by atoms with E-state index in [9.17, 15) is 30.4 Å². The standard InChI is InChI=1S/C17H16F2N2O5S2/c18-15-6-5-14(11-16(15)19)28(25,26)20-13-3-1-12(2-4-13)17(22)21-7-9-27(23,24)10-8-21/h1-6,11,20H,7-10H2.